The number of rotatable bonds is 13. The lowest BCUT2D eigenvalue weighted by Crippen LogP contribution is -2.52. The Bertz CT molecular complexity index is 981. The molecule has 38 heavy (non-hydrogen) atoms. The molecular formula is C30H51N3O4S. The number of amides is 2. The zero-order valence-corrected chi connectivity index (χ0v) is 25.6. The van der Waals surface area contributed by atoms with Crippen molar-refractivity contribution < 1.29 is 18.0 Å². The highest BCUT2D eigenvalue weighted by molar-refractivity contribution is 7.89. The summed E-state index contributed by atoms with van der Waals surface area (Å²) in [6, 6.07) is 9.81. The number of hydrogen-bond donors (Lipinski definition) is 0. The molecule has 1 heterocycles. The van der Waals surface area contributed by atoms with Crippen LogP contribution in [0, 0.1) is 17.3 Å². The first kappa shape index (κ1) is 32.3. The van der Waals surface area contributed by atoms with Gasteiger partial charge in [-0.1, -0.05) is 78.8 Å². The molecular weight excluding hydrogens is 498 g/mol. The van der Waals surface area contributed by atoms with E-state index >= 15 is 0 Å². The third-order valence-electron chi connectivity index (χ3n) is 6.99. The first-order valence-corrected chi connectivity index (χ1v) is 15.9. The van der Waals surface area contributed by atoms with Gasteiger partial charge in [0.05, 0.1) is 12.3 Å². The molecule has 1 aromatic rings. The molecule has 0 N–H and O–H groups in total. The van der Waals surface area contributed by atoms with Crippen molar-refractivity contribution in [1.29, 1.82) is 0 Å². The van der Waals surface area contributed by atoms with Crippen molar-refractivity contribution in [2.75, 3.05) is 31.9 Å². The van der Waals surface area contributed by atoms with Gasteiger partial charge in [-0.2, -0.15) is 4.31 Å². The molecule has 0 aliphatic carbocycles. The molecule has 1 atom stereocenters. The first-order chi connectivity index (χ1) is 17.7. The monoisotopic (exact) mass is 549 g/mol. The fourth-order valence-electron chi connectivity index (χ4n) is 5.49. The minimum absolute atomic E-state index is 0.0338. The lowest BCUT2D eigenvalue weighted by Gasteiger charge is -2.40. The Hall–Kier alpha value is -1.93. The molecule has 2 rings (SSSR count). The maximum Gasteiger partial charge on any atom is 0.238 e. The van der Waals surface area contributed by atoms with Crippen LogP contribution in [0.2, 0.25) is 0 Å². The van der Waals surface area contributed by atoms with Crippen LogP contribution in [0.5, 0.6) is 0 Å². The standard InChI is InChI=1S/C30H51N3O4S/c1-8-18-38(36,37)32(21-24(2)3)23-29(35)33(22-26-12-10-9-11-13-26)27-14-16-31(17-15-27)28(34)19-25(4)20-30(5,6)7/h9-13,24-25,27H,8,14-23H2,1-7H3/t25-/m1/s1. The summed E-state index contributed by atoms with van der Waals surface area (Å²) in [7, 11) is -3.51. The highest BCUT2D eigenvalue weighted by atomic mass is 32.2. The van der Waals surface area contributed by atoms with Gasteiger partial charge in [-0.3, -0.25) is 9.59 Å². The van der Waals surface area contributed by atoms with Crippen LogP contribution in [0.15, 0.2) is 30.3 Å². The zero-order chi connectivity index (χ0) is 28.5. The molecule has 216 valence electrons. The molecule has 0 unspecified atom stereocenters. The van der Waals surface area contributed by atoms with Gasteiger partial charge < -0.3 is 9.80 Å². The number of carbonyl (C=O) groups is 2. The fraction of sp³-hybridized carbons (Fsp3) is 0.733. The van der Waals surface area contributed by atoms with Crippen LogP contribution in [-0.2, 0) is 26.2 Å². The van der Waals surface area contributed by atoms with Crippen LogP contribution in [0.25, 0.3) is 0 Å². The van der Waals surface area contributed by atoms with Crippen molar-refractivity contribution >= 4 is 21.8 Å². The summed E-state index contributed by atoms with van der Waals surface area (Å²) in [5.74, 6) is 0.507. The van der Waals surface area contributed by atoms with Crippen molar-refractivity contribution in [3.05, 3.63) is 35.9 Å². The highest BCUT2D eigenvalue weighted by Crippen LogP contribution is 2.27. The number of carbonyl (C=O) groups excluding carboxylic acids is 2. The van der Waals surface area contributed by atoms with Crippen LogP contribution < -0.4 is 0 Å². The summed E-state index contributed by atoms with van der Waals surface area (Å²) >= 11 is 0. The third kappa shape index (κ3) is 10.7. The lowest BCUT2D eigenvalue weighted by atomic mass is 9.84. The van der Waals surface area contributed by atoms with E-state index in [1.54, 1.807) is 0 Å². The molecule has 0 aromatic heterocycles. The van der Waals surface area contributed by atoms with Gasteiger partial charge in [-0.25, -0.2) is 8.42 Å². The highest BCUT2D eigenvalue weighted by Gasteiger charge is 2.33. The third-order valence-corrected chi connectivity index (χ3v) is 8.98. The molecule has 7 nitrogen and oxygen atoms in total. The fourth-order valence-corrected chi connectivity index (χ4v) is 7.09. The Morgan fingerprint density at radius 3 is 2.18 bits per heavy atom. The Balaban J connectivity index is 2.14. The minimum atomic E-state index is -3.51. The van der Waals surface area contributed by atoms with Gasteiger partial charge >= 0.3 is 0 Å². The van der Waals surface area contributed by atoms with Gasteiger partial charge in [0.2, 0.25) is 21.8 Å². The number of likely N-dealkylation sites (tertiary alicyclic amines) is 1. The van der Waals surface area contributed by atoms with Crippen molar-refractivity contribution in [3.8, 4) is 0 Å². The molecule has 1 saturated heterocycles. The Kier molecular flexibility index (Phi) is 12.3. The van der Waals surface area contributed by atoms with Crippen molar-refractivity contribution in [2.24, 2.45) is 17.3 Å². The maximum atomic E-state index is 13.7. The molecule has 0 spiro atoms. The van der Waals surface area contributed by atoms with E-state index in [9.17, 15) is 18.0 Å². The second-order valence-corrected chi connectivity index (χ2v) is 14.8. The van der Waals surface area contributed by atoms with Crippen LogP contribution in [0.3, 0.4) is 0 Å². The van der Waals surface area contributed by atoms with E-state index in [1.807, 2.05) is 60.9 Å². The Labute approximate surface area is 232 Å². The van der Waals surface area contributed by atoms with E-state index in [0.29, 0.717) is 57.8 Å². The molecule has 1 aromatic carbocycles. The van der Waals surface area contributed by atoms with E-state index in [4.69, 9.17) is 0 Å². The van der Waals surface area contributed by atoms with E-state index in [1.165, 1.54) is 4.31 Å². The maximum absolute atomic E-state index is 13.7. The zero-order valence-electron chi connectivity index (χ0n) is 24.8. The molecule has 0 radical (unpaired) electrons. The summed E-state index contributed by atoms with van der Waals surface area (Å²) in [6.07, 6.45) is 3.46. The number of piperidine rings is 1. The van der Waals surface area contributed by atoms with Crippen molar-refractivity contribution in [1.82, 2.24) is 14.1 Å². The normalized spacial score (nSPS) is 16.2. The second-order valence-electron chi connectivity index (χ2n) is 12.7. The van der Waals surface area contributed by atoms with E-state index in [-0.39, 0.29) is 41.5 Å². The largest absolute Gasteiger partial charge is 0.343 e. The number of benzene rings is 1. The molecule has 1 aliphatic heterocycles. The minimum Gasteiger partial charge on any atom is -0.343 e. The second kappa shape index (κ2) is 14.5. The Morgan fingerprint density at radius 1 is 1.05 bits per heavy atom. The number of hydrogen-bond acceptors (Lipinski definition) is 4. The summed E-state index contributed by atoms with van der Waals surface area (Å²) in [4.78, 5) is 30.5. The van der Waals surface area contributed by atoms with Crippen molar-refractivity contribution in [2.45, 2.75) is 93.2 Å². The predicted molar refractivity (Wildman–Crippen MR) is 155 cm³/mol. The summed E-state index contributed by atoms with van der Waals surface area (Å²) in [5.41, 5.74) is 1.21. The van der Waals surface area contributed by atoms with Gasteiger partial charge in [0, 0.05) is 38.6 Å². The van der Waals surface area contributed by atoms with Crippen molar-refractivity contribution in [3.63, 3.8) is 0 Å². The molecule has 1 fully saturated rings. The molecule has 2 amide bonds. The molecule has 0 bridgehead atoms. The smallest absolute Gasteiger partial charge is 0.238 e. The molecule has 8 heteroatoms. The average Bonchev–Trinajstić information content (AvgIpc) is 2.81. The number of nitrogens with zero attached hydrogens (tertiary/aromatic N) is 3. The Morgan fingerprint density at radius 2 is 1.66 bits per heavy atom. The van der Waals surface area contributed by atoms with E-state index in [0.717, 1.165) is 12.0 Å². The molecule has 0 saturated carbocycles. The van der Waals surface area contributed by atoms with Crippen LogP contribution in [-0.4, -0.2) is 72.3 Å². The SMILES string of the molecule is CCCS(=O)(=O)N(CC(=O)N(Cc1ccccc1)C1CCN(C(=O)C[C@@H](C)CC(C)(C)C)CC1)CC(C)C. The quantitative estimate of drug-likeness (QED) is 0.340. The molecule has 1 aliphatic rings. The van der Waals surface area contributed by atoms with Crippen LogP contribution in [0.4, 0.5) is 0 Å². The van der Waals surface area contributed by atoms with Crippen LogP contribution in [0.1, 0.15) is 86.1 Å². The van der Waals surface area contributed by atoms with Crippen LogP contribution >= 0.6 is 0 Å². The first-order valence-electron chi connectivity index (χ1n) is 14.3. The topological polar surface area (TPSA) is 78.0 Å². The van der Waals surface area contributed by atoms with Gasteiger partial charge in [0.25, 0.3) is 0 Å². The van der Waals surface area contributed by atoms with Gasteiger partial charge in [-0.05, 0) is 48.5 Å². The van der Waals surface area contributed by atoms with Gasteiger partial charge in [-0.15, -0.1) is 0 Å². The van der Waals surface area contributed by atoms with E-state index < -0.39 is 10.0 Å². The summed E-state index contributed by atoms with van der Waals surface area (Å²) < 4.78 is 27.3. The number of sulfonamides is 1. The van der Waals surface area contributed by atoms with Gasteiger partial charge in [0.15, 0.2) is 0 Å². The van der Waals surface area contributed by atoms with E-state index in [2.05, 4.69) is 27.7 Å². The lowest BCUT2D eigenvalue weighted by molar-refractivity contribution is -0.138. The predicted octanol–water partition coefficient (Wildman–Crippen LogP) is 5.17. The summed E-state index contributed by atoms with van der Waals surface area (Å²) in [6.45, 7) is 16.4. The summed E-state index contributed by atoms with van der Waals surface area (Å²) in [5, 5.41) is 0. The van der Waals surface area contributed by atoms with Gasteiger partial charge in [0.1, 0.15) is 0 Å². The average molecular weight is 550 g/mol.